The lowest BCUT2D eigenvalue weighted by molar-refractivity contribution is -0.137. The number of pyridine rings is 1. The molecule has 0 saturated carbocycles. The fourth-order valence-electron chi connectivity index (χ4n) is 4.69. The Balaban J connectivity index is 1.33. The van der Waals surface area contributed by atoms with Gasteiger partial charge in [0.25, 0.3) is 0 Å². The van der Waals surface area contributed by atoms with Crippen molar-refractivity contribution in [2.75, 3.05) is 6.61 Å². The molecule has 5 rings (SSSR count). The van der Waals surface area contributed by atoms with Crippen molar-refractivity contribution in [3.8, 4) is 5.75 Å². The van der Waals surface area contributed by atoms with Crippen LogP contribution in [0.25, 0.3) is 10.9 Å². The van der Waals surface area contributed by atoms with Crippen LogP contribution in [0, 0.1) is 0 Å². The molecule has 4 aromatic rings. The summed E-state index contributed by atoms with van der Waals surface area (Å²) in [6.07, 6.45) is 6.96. The Morgan fingerprint density at radius 1 is 1.06 bits per heavy atom. The lowest BCUT2D eigenvalue weighted by Gasteiger charge is -2.18. The molecule has 2 heterocycles. The first-order chi connectivity index (χ1) is 17.0. The average Bonchev–Trinajstić information content (AvgIpc) is 3.25. The number of aliphatic carboxylic acids is 1. The van der Waals surface area contributed by atoms with E-state index in [9.17, 15) is 9.90 Å². The molecule has 1 unspecified atom stereocenters. The van der Waals surface area contributed by atoms with Crippen molar-refractivity contribution in [1.29, 1.82) is 0 Å². The van der Waals surface area contributed by atoms with Gasteiger partial charge in [-0.05, 0) is 79.3 Å². The predicted octanol–water partition coefficient (Wildman–Crippen LogP) is 6.30. The van der Waals surface area contributed by atoms with Crippen LogP contribution in [0.2, 0.25) is 10.0 Å². The van der Waals surface area contributed by atoms with Gasteiger partial charge in [0.05, 0.1) is 30.8 Å². The van der Waals surface area contributed by atoms with Gasteiger partial charge in [-0.1, -0.05) is 29.3 Å². The highest BCUT2D eigenvalue weighted by molar-refractivity contribution is 6.34. The van der Waals surface area contributed by atoms with E-state index in [1.807, 2.05) is 18.2 Å². The van der Waals surface area contributed by atoms with E-state index < -0.39 is 12.0 Å². The van der Waals surface area contributed by atoms with E-state index in [0.717, 1.165) is 41.6 Å². The van der Waals surface area contributed by atoms with Gasteiger partial charge in [-0.25, -0.2) is 0 Å². The van der Waals surface area contributed by atoms with Gasteiger partial charge in [0.1, 0.15) is 5.75 Å². The minimum atomic E-state index is -0.939. The van der Waals surface area contributed by atoms with Gasteiger partial charge in [0.2, 0.25) is 0 Å². The molecule has 35 heavy (non-hydrogen) atoms. The SMILES string of the molecule is O=C(O)CC(c1cc(Cl)cc(Cl)c1)n1ncc2cc(OCCc3ccc4c(n3)CCCC4)ccc21. The summed E-state index contributed by atoms with van der Waals surface area (Å²) in [6, 6.07) is 14.5. The van der Waals surface area contributed by atoms with Gasteiger partial charge in [-0.15, -0.1) is 0 Å². The lowest BCUT2D eigenvalue weighted by atomic mass is 9.96. The molecule has 1 atom stereocenters. The van der Waals surface area contributed by atoms with Crippen LogP contribution < -0.4 is 4.74 Å². The number of hydrogen-bond donors (Lipinski definition) is 1. The molecular formula is C27H25Cl2N3O3. The third-order valence-electron chi connectivity index (χ3n) is 6.36. The maximum atomic E-state index is 11.6. The smallest absolute Gasteiger partial charge is 0.305 e. The number of aromatic nitrogens is 3. The number of carboxylic acids is 1. The molecule has 6 nitrogen and oxygen atoms in total. The molecule has 0 fully saturated rings. The summed E-state index contributed by atoms with van der Waals surface area (Å²) < 4.78 is 7.71. The third kappa shape index (κ3) is 5.44. The molecule has 0 radical (unpaired) electrons. The van der Waals surface area contributed by atoms with Crippen molar-refractivity contribution in [2.45, 2.75) is 44.6 Å². The number of ether oxygens (including phenoxy) is 1. The molecule has 2 aromatic heterocycles. The van der Waals surface area contributed by atoms with Gasteiger partial charge in [0.15, 0.2) is 0 Å². The standard InChI is InChI=1S/C27H25Cl2N3O3/c28-20-11-18(12-21(29)14-20)26(15-27(33)34)32-25-8-7-23(13-19(25)16-30-32)35-10-9-22-6-5-17-3-1-2-4-24(17)31-22/h5-8,11-14,16,26H,1-4,9-10,15H2,(H,33,34). The summed E-state index contributed by atoms with van der Waals surface area (Å²) in [4.78, 5) is 16.4. The molecule has 0 spiro atoms. The number of fused-ring (bicyclic) bond motifs is 2. The van der Waals surface area contributed by atoms with Gasteiger partial charge in [0, 0.05) is 33.2 Å². The Kier molecular flexibility index (Phi) is 6.93. The van der Waals surface area contributed by atoms with Gasteiger partial charge in [-0.2, -0.15) is 5.10 Å². The first-order valence-electron chi connectivity index (χ1n) is 11.7. The summed E-state index contributed by atoms with van der Waals surface area (Å²) >= 11 is 12.4. The number of carbonyl (C=O) groups is 1. The maximum absolute atomic E-state index is 11.6. The summed E-state index contributed by atoms with van der Waals surface area (Å²) in [5.74, 6) is -0.207. The first kappa shape index (κ1) is 23.6. The Labute approximate surface area is 213 Å². The molecule has 180 valence electrons. The second kappa shape index (κ2) is 10.3. The van der Waals surface area contributed by atoms with Crippen LogP contribution in [-0.2, 0) is 24.1 Å². The van der Waals surface area contributed by atoms with E-state index in [4.69, 9.17) is 32.9 Å². The summed E-state index contributed by atoms with van der Waals surface area (Å²) in [5, 5.41) is 15.8. The second-order valence-electron chi connectivity index (χ2n) is 8.84. The maximum Gasteiger partial charge on any atom is 0.305 e. The van der Waals surface area contributed by atoms with Crippen molar-refractivity contribution in [1.82, 2.24) is 14.8 Å². The number of aryl methyl sites for hydroxylation is 2. The van der Waals surface area contributed by atoms with Crippen molar-refractivity contribution in [3.63, 3.8) is 0 Å². The Morgan fingerprint density at radius 2 is 1.86 bits per heavy atom. The van der Waals surface area contributed by atoms with Crippen LogP contribution in [0.4, 0.5) is 0 Å². The quantitative estimate of drug-likeness (QED) is 0.301. The molecule has 1 aliphatic rings. The van der Waals surface area contributed by atoms with E-state index in [2.05, 4.69) is 17.2 Å². The molecule has 2 aromatic carbocycles. The zero-order valence-electron chi connectivity index (χ0n) is 19.1. The third-order valence-corrected chi connectivity index (χ3v) is 6.80. The van der Waals surface area contributed by atoms with E-state index in [-0.39, 0.29) is 6.42 Å². The number of halogens is 2. The van der Waals surface area contributed by atoms with E-state index in [1.54, 1.807) is 29.1 Å². The van der Waals surface area contributed by atoms with Gasteiger partial charge >= 0.3 is 5.97 Å². The first-order valence-corrected chi connectivity index (χ1v) is 12.5. The molecule has 0 bridgehead atoms. The number of carboxylic acid groups (broad SMARTS) is 1. The van der Waals surface area contributed by atoms with Crippen molar-refractivity contribution in [3.05, 3.63) is 87.3 Å². The number of benzene rings is 2. The molecule has 0 amide bonds. The van der Waals surface area contributed by atoms with Crippen molar-refractivity contribution in [2.24, 2.45) is 0 Å². The molecule has 8 heteroatoms. The van der Waals surface area contributed by atoms with Crippen molar-refractivity contribution >= 4 is 40.1 Å². The van der Waals surface area contributed by atoms with Crippen LogP contribution in [0.3, 0.4) is 0 Å². The number of hydrogen-bond acceptors (Lipinski definition) is 4. The van der Waals surface area contributed by atoms with Crippen LogP contribution in [0.1, 0.15) is 47.8 Å². The normalized spacial score (nSPS) is 14.0. The minimum absolute atomic E-state index is 0.153. The molecule has 0 aliphatic heterocycles. The zero-order valence-corrected chi connectivity index (χ0v) is 20.6. The average molecular weight is 510 g/mol. The topological polar surface area (TPSA) is 77.2 Å². The van der Waals surface area contributed by atoms with Crippen LogP contribution >= 0.6 is 23.2 Å². The Hall–Kier alpha value is -3.09. The molecule has 1 aliphatic carbocycles. The van der Waals surface area contributed by atoms with E-state index in [0.29, 0.717) is 22.2 Å². The predicted molar refractivity (Wildman–Crippen MR) is 137 cm³/mol. The monoisotopic (exact) mass is 509 g/mol. The van der Waals surface area contributed by atoms with Crippen LogP contribution in [0.15, 0.2) is 54.7 Å². The molecular weight excluding hydrogens is 485 g/mol. The number of nitrogens with zero attached hydrogens (tertiary/aromatic N) is 3. The largest absolute Gasteiger partial charge is 0.493 e. The fraction of sp³-hybridized carbons (Fsp3) is 0.296. The summed E-state index contributed by atoms with van der Waals surface area (Å²) in [6.45, 7) is 0.522. The second-order valence-corrected chi connectivity index (χ2v) is 9.71. The minimum Gasteiger partial charge on any atom is -0.493 e. The highest BCUT2D eigenvalue weighted by atomic mass is 35.5. The summed E-state index contributed by atoms with van der Waals surface area (Å²) in [5.41, 5.74) is 5.16. The fourth-order valence-corrected chi connectivity index (χ4v) is 5.23. The Bertz CT molecular complexity index is 1370. The van der Waals surface area contributed by atoms with Gasteiger partial charge < -0.3 is 9.84 Å². The van der Waals surface area contributed by atoms with Crippen LogP contribution in [-0.4, -0.2) is 32.4 Å². The van der Waals surface area contributed by atoms with E-state index in [1.165, 1.54) is 24.1 Å². The Morgan fingerprint density at radius 3 is 2.66 bits per heavy atom. The van der Waals surface area contributed by atoms with Gasteiger partial charge in [-0.3, -0.25) is 14.5 Å². The summed E-state index contributed by atoms with van der Waals surface area (Å²) in [7, 11) is 0. The number of rotatable bonds is 8. The lowest BCUT2D eigenvalue weighted by Crippen LogP contribution is -2.16. The van der Waals surface area contributed by atoms with E-state index >= 15 is 0 Å². The van der Waals surface area contributed by atoms with Crippen molar-refractivity contribution < 1.29 is 14.6 Å². The molecule has 1 N–H and O–H groups in total. The highest BCUT2D eigenvalue weighted by Gasteiger charge is 2.22. The molecule has 0 saturated heterocycles. The zero-order chi connectivity index (χ0) is 24.4. The van der Waals surface area contributed by atoms with Crippen LogP contribution in [0.5, 0.6) is 5.75 Å². The highest BCUT2D eigenvalue weighted by Crippen LogP contribution is 2.31.